The van der Waals surface area contributed by atoms with Gasteiger partial charge in [-0.1, -0.05) is 182 Å². The Kier molecular flexibility index (Phi) is 12.4. The van der Waals surface area contributed by atoms with Crippen LogP contribution in [0.3, 0.4) is 0 Å². The molecule has 0 radical (unpaired) electrons. The number of rotatable bonds is 6. The maximum Gasteiger partial charge on any atom is 0.488 e. The standard InChI is InChI=1S/C27H17N3S.C15H10ClN3.C12H9BO2S/c1-3-9-18(10-4-1)25-28-26(19-11-5-2-6-12-19)30-27(29-25)20-15-16-22-21-13-7-8-14-23(21)31-24(22)17-20;16-15-18-13(11-7-3-1-4-8-11)17-14(19-15)12-9-5-2-6-10-12;14-13(15)8-5-6-10-9-3-1-2-4-11(9)16-12(10)7-8/h1-17H;1-10H;1-7,14-15H. The van der Waals surface area contributed by atoms with Gasteiger partial charge in [0.1, 0.15) is 0 Å². The molecule has 0 aliphatic carbocycles. The molecule has 316 valence electrons. The summed E-state index contributed by atoms with van der Waals surface area (Å²) in [6.07, 6.45) is 0. The summed E-state index contributed by atoms with van der Waals surface area (Å²) in [6, 6.07) is 68.3. The molecule has 0 amide bonds. The van der Waals surface area contributed by atoms with Crippen molar-refractivity contribution in [3.8, 4) is 56.9 Å². The third-order valence-corrected chi connectivity index (χ3v) is 13.1. The lowest BCUT2D eigenvalue weighted by atomic mass is 9.80. The van der Waals surface area contributed by atoms with E-state index in [0.717, 1.165) is 32.5 Å². The fraction of sp³-hybridized carbons (Fsp3) is 0. The predicted molar refractivity (Wildman–Crippen MR) is 274 cm³/mol. The molecule has 0 unspecified atom stereocenters. The SMILES string of the molecule is Clc1nc(-c2ccccc2)nc(-c2ccccc2)n1.OB(O)c1ccc2c(c1)sc1ccccc12.c1ccc(-c2nc(-c3ccccc3)nc(-c3ccc4c(c3)sc3ccccc34)n2)cc1. The van der Waals surface area contributed by atoms with Crippen molar-refractivity contribution in [2.24, 2.45) is 0 Å². The Hall–Kier alpha value is -7.51. The second-order valence-electron chi connectivity index (χ2n) is 15.1. The number of fused-ring (bicyclic) bond motifs is 6. The summed E-state index contributed by atoms with van der Waals surface area (Å²) in [5, 5.41) is 23.4. The topological polar surface area (TPSA) is 118 Å². The number of thiophene rings is 2. The predicted octanol–water partition coefficient (Wildman–Crippen LogP) is 12.8. The van der Waals surface area contributed by atoms with Gasteiger partial charge in [0.25, 0.3) is 0 Å². The van der Waals surface area contributed by atoms with Crippen LogP contribution in [0.1, 0.15) is 0 Å². The third-order valence-electron chi connectivity index (χ3n) is 10.7. The second-order valence-corrected chi connectivity index (χ2v) is 17.6. The Bertz CT molecular complexity index is 3480. The van der Waals surface area contributed by atoms with Crippen LogP contribution in [0.4, 0.5) is 0 Å². The highest BCUT2D eigenvalue weighted by molar-refractivity contribution is 7.26. The normalized spacial score (nSPS) is 11.0. The van der Waals surface area contributed by atoms with E-state index < -0.39 is 7.12 Å². The monoisotopic (exact) mass is 910 g/mol. The van der Waals surface area contributed by atoms with Crippen molar-refractivity contribution in [2.45, 2.75) is 0 Å². The number of benzene rings is 8. The van der Waals surface area contributed by atoms with E-state index in [-0.39, 0.29) is 5.28 Å². The van der Waals surface area contributed by atoms with Gasteiger partial charge in [0.15, 0.2) is 29.1 Å². The van der Waals surface area contributed by atoms with Crippen LogP contribution < -0.4 is 5.46 Å². The Morgan fingerprint density at radius 3 is 1.08 bits per heavy atom. The summed E-state index contributed by atoms with van der Waals surface area (Å²) in [7, 11) is -1.39. The van der Waals surface area contributed by atoms with E-state index in [2.05, 4.69) is 69.5 Å². The molecule has 0 bridgehead atoms. The molecule has 0 saturated carbocycles. The molecule has 0 fully saturated rings. The van der Waals surface area contributed by atoms with Crippen molar-refractivity contribution in [3.63, 3.8) is 0 Å². The smallest absolute Gasteiger partial charge is 0.423 e. The van der Waals surface area contributed by atoms with Gasteiger partial charge in [-0.25, -0.2) is 19.9 Å². The molecule has 66 heavy (non-hydrogen) atoms. The Balaban J connectivity index is 0.000000125. The van der Waals surface area contributed by atoms with E-state index in [1.165, 1.54) is 35.6 Å². The molecule has 12 aromatic rings. The summed E-state index contributed by atoms with van der Waals surface area (Å²) in [6.45, 7) is 0. The van der Waals surface area contributed by atoms with E-state index >= 15 is 0 Å². The number of nitrogens with zero attached hydrogens (tertiary/aromatic N) is 6. The Morgan fingerprint density at radius 2 is 0.652 bits per heavy atom. The highest BCUT2D eigenvalue weighted by atomic mass is 35.5. The molecule has 8 aromatic carbocycles. The number of halogens is 1. The average Bonchev–Trinajstić information content (AvgIpc) is 3.95. The lowest BCUT2D eigenvalue weighted by molar-refractivity contribution is 0.426. The minimum atomic E-state index is -1.39. The molecular formula is C54H36BClN6O2S2. The first-order valence-electron chi connectivity index (χ1n) is 21.0. The van der Waals surface area contributed by atoms with Crippen molar-refractivity contribution in [3.05, 3.63) is 212 Å². The van der Waals surface area contributed by atoms with Crippen LogP contribution >= 0.6 is 34.3 Å². The molecule has 0 atom stereocenters. The molecule has 12 rings (SSSR count). The van der Waals surface area contributed by atoms with Gasteiger partial charge in [-0.3, -0.25) is 0 Å². The van der Waals surface area contributed by atoms with E-state index in [1.807, 2.05) is 146 Å². The zero-order valence-corrected chi connectivity index (χ0v) is 37.4. The van der Waals surface area contributed by atoms with Crippen molar-refractivity contribution in [1.29, 1.82) is 0 Å². The third kappa shape index (κ3) is 9.34. The molecule has 4 heterocycles. The van der Waals surface area contributed by atoms with Gasteiger partial charge >= 0.3 is 7.12 Å². The maximum absolute atomic E-state index is 9.12. The van der Waals surface area contributed by atoms with E-state index in [0.29, 0.717) is 34.6 Å². The van der Waals surface area contributed by atoms with Crippen LogP contribution in [0.2, 0.25) is 5.28 Å². The molecule has 2 N–H and O–H groups in total. The summed E-state index contributed by atoms with van der Waals surface area (Å²) in [4.78, 5) is 27.3. The summed E-state index contributed by atoms with van der Waals surface area (Å²) in [5.41, 5.74) is 5.33. The number of hydrogen-bond donors (Lipinski definition) is 2. The average molecular weight is 911 g/mol. The van der Waals surface area contributed by atoms with E-state index in [1.54, 1.807) is 28.7 Å². The van der Waals surface area contributed by atoms with Crippen molar-refractivity contribution in [2.75, 3.05) is 0 Å². The largest absolute Gasteiger partial charge is 0.488 e. The summed E-state index contributed by atoms with van der Waals surface area (Å²) in [5.74, 6) is 3.22. The van der Waals surface area contributed by atoms with Crippen LogP contribution in [-0.2, 0) is 0 Å². The van der Waals surface area contributed by atoms with Crippen LogP contribution in [-0.4, -0.2) is 47.1 Å². The fourth-order valence-corrected chi connectivity index (χ4v) is 9.95. The lowest BCUT2D eigenvalue weighted by Gasteiger charge is -2.08. The highest BCUT2D eigenvalue weighted by Crippen LogP contribution is 2.37. The summed E-state index contributed by atoms with van der Waals surface area (Å²) < 4.78 is 4.84. The van der Waals surface area contributed by atoms with Gasteiger partial charge in [-0.15, -0.1) is 22.7 Å². The van der Waals surface area contributed by atoms with Gasteiger partial charge in [-0.05, 0) is 41.3 Å². The van der Waals surface area contributed by atoms with Crippen LogP contribution in [0.25, 0.3) is 97.3 Å². The first kappa shape index (κ1) is 42.4. The van der Waals surface area contributed by atoms with Crippen molar-refractivity contribution >= 4 is 87.2 Å². The minimum Gasteiger partial charge on any atom is -0.423 e. The van der Waals surface area contributed by atoms with E-state index in [4.69, 9.17) is 36.6 Å². The number of aromatic nitrogens is 6. The molecule has 0 aliphatic rings. The fourth-order valence-electron chi connectivity index (χ4n) is 7.49. The van der Waals surface area contributed by atoms with E-state index in [9.17, 15) is 0 Å². The molecule has 4 aromatic heterocycles. The molecule has 0 saturated heterocycles. The molecule has 12 heteroatoms. The van der Waals surface area contributed by atoms with Crippen molar-refractivity contribution < 1.29 is 10.0 Å². The molecule has 8 nitrogen and oxygen atoms in total. The first-order chi connectivity index (χ1) is 32.4. The van der Waals surface area contributed by atoms with Crippen molar-refractivity contribution in [1.82, 2.24) is 29.9 Å². The van der Waals surface area contributed by atoms with Crippen LogP contribution in [0.5, 0.6) is 0 Å². The van der Waals surface area contributed by atoms with Gasteiger partial charge in [-0.2, -0.15) is 9.97 Å². The van der Waals surface area contributed by atoms with Crippen LogP contribution in [0, 0.1) is 0 Å². The van der Waals surface area contributed by atoms with Gasteiger partial charge < -0.3 is 10.0 Å². The number of hydrogen-bond acceptors (Lipinski definition) is 10. The minimum absolute atomic E-state index is 0.202. The Morgan fingerprint density at radius 1 is 0.318 bits per heavy atom. The van der Waals surface area contributed by atoms with Gasteiger partial charge in [0, 0.05) is 68.2 Å². The molecule has 0 spiro atoms. The van der Waals surface area contributed by atoms with Gasteiger partial charge in [0.2, 0.25) is 5.28 Å². The molecular weight excluding hydrogens is 875 g/mol. The highest BCUT2D eigenvalue weighted by Gasteiger charge is 2.15. The maximum atomic E-state index is 9.12. The zero-order valence-electron chi connectivity index (χ0n) is 35.0. The lowest BCUT2D eigenvalue weighted by Crippen LogP contribution is -2.29. The zero-order chi connectivity index (χ0) is 44.8. The summed E-state index contributed by atoms with van der Waals surface area (Å²) >= 11 is 9.46. The van der Waals surface area contributed by atoms with Crippen LogP contribution in [0.15, 0.2) is 206 Å². The molecule has 0 aliphatic heterocycles. The Labute approximate surface area is 393 Å². The quantitative estimate of drug-likeness (QED) is 0.158. The van der Waals surface area contributed by atoms with Gasteiger partial charge in [0.05, 0.1) is 0 Å². The first-order valence-corrected chi connectivity index (χ1v) is 23.0. The second kappa shape index (κ2) is 19.3.